The third kappa shape index (κ3) is 2.46. The summed E-state index contributed by atoms with van der Waals surface area (Å²) in [6.07, 6.45) is 6.57. The number of carbonyl (C=O) groups is 3. The van der Waals surface area contributed by atoms with Gasteiger partial charge in [0.25, 0.3) is 0 Å². The lowest BCUT2D eigenvalue weighted by Gasteiger charge is -2.20. The largest absolute Gasteiger partial charge is 0.354 e. The van der Waals surface area contributed by atoms with Crippen molar-refractivity contribution in [3.8, 4) is 0 Å². The Hall–Kier alpha value is -2.50. The topological polar surface area (TPSA) is 66.5 Å². The molecule has 3 amide bonds. The highest BCUT2D eigenvalue weighted by Gasteiger charge is 2.59. The van der Waals surface area contributed by atoms with Gasteiger partial charge in [0.1, 0.15) is 12.4 Å². The van der Waals surface area contributed by atoms with E-state index in [4.69, 9.17) is 0 Å². The molecule has 1 saturated heterocycles. The van der Waals surface area contributed by atoms with E-state index in [2.05, 4.69) is 5.32 Å². The molecule has 0 unspecified atom stereocenters. The van der Waals surface area contributed by atoms with Crippen molar-refractivity contribution in [2.45, 2.75) is 24.7 Å². The summed E-state index contributed by atoms with van der Waals surface area (Å²) >= 11 is 0. The molecule has 1 aliphatic heterocycles. The predicted molar refractivity (Wildman–Crippen MR) is 94.8 cm³/mol. The monoisotopic (exact) mass is 368 g/mol. The predicted octanol–water partition coefficient (Wildman–Crippen LogP) is 1.78. The van der Waals surface area contributed by atoms with E-state index < -0.39 is 0 Å². The average molecular weight is 368 g/mol. The van der Waals surface area contributed by atoms with Crippen molar-refractivity contribution >= 4 is 17.7 Å². The third-order valence-corrected chi connectivity index (χ3v) is 6.79. The second-order valence-corrected chi connectivity index (χ2v) is 8.30. The number of nitrogens with zero attached hydrogens (tertiary/aromatic N) is 1. The van der Waals surface area contributed by atoms with E-state index in [9.17, 15) is 18.8 Å². The molecule has 4 aliphatic rings. The number of benzene rings is 1. The van der Waals surface area contributed by atoms with Gasteiger partial charge >= 0.3 is 0 Å². The number of likely N-dealkylation sites (tertiary alicyclic amines) is 1. The second-order valence-electron chi connectivity index (χ2n) is 8.30. The molecule has 1 aromatic rings. The zero-order valence-corrected chi connectivity index (χ0v) is 14.9. The SMILES string of the molecule is O=C(CN1C(=O)[C@@H]2[C@H](C1=O)[C@H]1C=C[C@H]2C1)NCC1(c2ccccc2F)CC1. The molecule has 1 aromatic carbocycles. The number of fused-ring (bicyclic) bond motifs is 5. The summed E-state index contributed by atoms with van der Waals surface area (Å²) in [6, 6.07) is 6.63. The van der Waals surface area contributed by atoms with Crippen LogP contribution >= 0.6 is 0 Å². The Morgan fingerprint density at radius 1 is 1.11 bits per heavy atom. The molecule has 6 heteroatoms. The van der Waals surface area contributed by atoms with Crippen molar-refractivity contribution in [2.24, 2.45) is 23.7 Å². The molecule has 5 nitrogen and oxygen atoms in total. The molecule has 0 radical (unpaired) electrons. The van der Waals surface area contributed by atoms with Crippen molar-refractivity contribution < 1.29 is 18.8 Å². The van der Waals surface area contributed by atoms with Gasteiger partial charge in [-0.25, -0.2) is 4.39 Å². The van der Waals surface area contributed by atoms with Gasteiger partial charge in [-0.15, -0.1) is 0 Å². The van der Waals surface area contributed by atoms with Crippen LogP contribution in [0.4, 0.5) is 4.39 Å². The normalized spacial score (nSPS) is 32.1. The van der Waals surface area contributed by atoms with Crippen LogP contribution in [0.5, 0.6) is 0 Å². The number of allylic oxidation sites excluding steroid dienone is 2. The Kier molecular flexibility index (Phi) is 3.55. The van der Waals surface area contributed by atoms with E-state index >= 15 is 0 Å². The highest BCUT2D eigenvalue weighted by Crippen LogP contribution is 2.52. The Bertz CT molecular complexity index is 846. The molecule has 4 atom stereocenters. The molecule has 3 fully saturated rings. The van der Waals surface area contributed by atoms with Crippen LogP contribution in [0.3, 0.4) is 0 Å². The Morgan fingerprint density at radius 2 is 1.74 bits per heavy atom. The maximum atomic E-state index is 14.1. The summed E-state index contributed by atoms with van der Waals surface area (Å²) in [7, 11) is 0. The summed E-state index contributed by atoms with van der Waals surface area (Å²) in [5.41, 5.74) is 0.260. The van der Waals surface area contributed by atoms with Gasteiger partial charge in [0.05, 0.1) is 11.8 Å². The van der Waals surface area contributed by atoms with E-state index in [1.165, 1.54) is 6.07 Å². The fraction of sp³-hybridized carbons (Fsp3) is 0.476. The summed E-state index contributed by atoms with van der Waals surface area (Å²) in [6.45, 7) is 0.0834. The molecule has 27 heavy (non-hydrogen) atoms. The minimum absolute atomic E-state index is 0.139. The number of halogens is 1. The second kappa shape index (κ2) is 5.75. The number of carbonyl (C=O) groups excluding carboxylic acids is 3. The number of rotatable bonds is 5. The lowest BCUT2D eigenvalue weighted by Crippen LogP contribution is -2.43. The lowest BCUT2D eigenvalue weighted by atomic mass is 9.85. The van der Waals surface area contributed by atoms with Gasteiger partial charge in [-0.3, -0.25) is 19.3 Å². The van der Waals surface area contributed by atoms with Gasteiger partial charge in [0.2, 0.25) is 17.7 Å². The summed E-state index contributed by atoms with van der Waals surface area (Å²) < 4.78 is 14.1. The number of imide groups is 1. The van der Waals surface area contributed by atoms with Crippen LogP contribution in [0.25, 0.3) is 0 Å². The van der Waals surface area contributed by atoms with Gasteiger partial charge in [-0.2, -0.15) is 0 Å². The number of nitrogens with one attached hydrogen (secondary N) is 1. The maximum absolute atomic E-state index is 14.1. The van der Waals surface area contributed by atoms with Gasteiger partial charge in [-0.05, 0) is 42.7 Å². The zero-order valence-electron chi connectivity index (χ0n) is 14.9. The van der Waals surface area contributed by atoms with Crippen molar-refractivity contribution in [1.29, 1.82) is 0 Å². The molecule has 1 N–H and O–H groups in total. The number of hydrogen-bond donors (Lipinski definition) is 1. The van der Waals surface area contributed by atoms with Crippen LogP contribution in [0.1, 0.15) is 24.8 Å². The third-order valence-electron chi connectivity index (χ3n) is 6.79. The highest BCUT2D eigenvalue weighted by atomic mass is 19.1. The van der Waals surface area contributed by atoms with E-state index in [1.54, 1.807) is 18.2 Å². The molecule has 0 spiro atoms. The van der Waals surface area contributed by atoms with Gasteiger partial charge < -0.3 is 5.32 Å². The van der Waals surface area contributed by atoms with E-state index in [-0.39, 0.29) is 59.2 Å². The lowest BCUT2D eigenvalue weighted by molar-refractivity contribution is -0.144. The van der Waals surface area contributed by atoms with Crippen LogP contribution in [0.15, 0.2) is 36.4 Å². The van der Waals surface area contributed by atoms with Crippen molar-refractivity contribution in [3.63, 3.8) is 0 Å². The van der Waals surface area contributed by atoms with Crippen molar-refractivity contribution in [3.05, 3.63) is 47.8 Å². The first-order valence-electron chi connectivity index (χ1n) is 9.55. The molecule has 140 valence electrons. The maximum Gasteiger partial charge on any atom is 0.240 e. The molecule has 0 aromatic heterocycles. The minimum atomic E-state index is -0.362. The Labute approximate surface area is 156 Å². The first-order chi connectivity index (χ1) is 13.0. The smallest absolute Gasteiger partial charge is 0.240 e. The molecule has 2 saturated carbocycles. The summed E-state index contributed by atoms with van der Waals surface area (Å²) in [5.74, 6) is -1.34. The van der Waals surface area contributed by atoms with Crippen molar-refractivity contribution in [1.82, 2.24) is 10.2 Å². The average Bonchev–Trinajstić information content (AvgIpc) is 3.04. The molecule has 3 aliphatic carbocycles. The fourth-order valence-corrected chi connectivity index (χ4v) is 5.17. The molecule has 2 bridgehead atoms. The van der Waals surface area contributed by atoms with Crippen LogP contribution in [0.2, 0.25) is 0 Å². The fourth-order valence-electron chi connectivity index (χ4n) is 5.17. The van der Waals surface area contributed by atoms with E-state index in [1.807, 2.05) is 12.2 Å². The van der Waals surface area contributed by atoms with E-state index in [0.29, 0.717) is 12.1 Å². The van der Waals surface area contributed by atoms with E-state index in [0.717, 1.165) is 24.2 Å². The molecule has 1 heterocycles. The highest BCUT2D eigenvalue weighted by molar-refractivity contribution is 6.08. The van der Waals surface area contributed by atoms with Crippen LogP contribution < -0.4 is 5.32 Å². The minimum Gasteiger partial charge on any atom is -0.354 e. The van der Waals surface area contributed by atoms with Gasteiger partial charge in [0, 0.05) is 12.0 Å². The Morgan fingerprint density at radius 3 is 2.33 bits per heavy atom. The Balaban J connectivity index is 1.23. The van der Waals surface area contributed by atoms with Gasteiger partial charge in [-0.1, -0.05) is 30.4 Å². The zero-order chi connectivity index (χ0) is 18.8. The number of amides is 3. The standard InChI is InChI=1S/C21H21FN2O3/c22-15-4-2-1-3-14(15)21(7-8-21)11-23-16(25)10-24-19(26)17-12-5-6-13(9-12)18(17)20(24)27/h1-6,12-13,17-18H,7-11H2,(H,23,25)/t12-,13-,17-,18+/m0/s1. The summed E-state index contributed by atoms with van der Waals surface area (Å²) in [5, 5.41) is 2.82. The number of hydrogen-bond acceptors (Lipinski definition) is 3. The first kappa shape index (κ1) is 16.7. The van der Waals surface area contributed by atoms with Crippen LogP contribution in [0, 0.1) is 29.5 Å². The molecular formula is C21H21FN2O3. The van der Waals surface area contributed by atoms with Crippen LogP contribution in [-0.2, 0) is 19.8 Å². The molecule has 5 rings (SSSR count). The molecular weight excluding hydrogens is 347 g/mol. The quantitative estimate of drug-likeness (QED) is 0.636. The summed E-state index contributed by atoms with van der Waals surface area (Å²) in [4.78, 5) is 38.8. The van der Waals surface area contributed by atoms with Gasteiger partial charge in [0.15, 0.2) is 0 Å². The van der Waals surface area contributed by atoms with Crippen molar-refractivity contribution in [2.75, 3.05) is 13.1 Å². The van der Waals surface area contributed by atoms with Crippen LogP contribution in [-0.4, -0.2) is 35.7 Å². The first-order valence-corrected chi connectivity index (χ1v) is 9.55.